The summed E-state index contributed by atoms with van der Waals surface area (Å²) in [7, 11) is 0. The Balaban J connectivity index is 2.91. The molecule has 0 spiro atoms. The molecule has 0 atom stereocenters. The summed E-state index contributed by atoms with van der Waals surface area (Å²) in [6.07, 6.45) is 1.64. The first-order chi connectivity index (χ1) is 7.58. The number of hydrazine groups is 3. The molecule has 0 bridgehead atoms. The third kappa shape index (κ3) is 3.10. The van der Waals surface area contributed by atoms with Crippen molar-refractivity contribution in [2.45, 2.75) is 26.8 Å². The van der Waals surface area contributed by atoms with E-state index in [4.69, 9.17) is 17.0 Å². The van der Waals surface area contributed by atoms with Crippen LogP contribution in [0.4, 0.5) is 0 Å². The Hall–Kier alpha value is -1.29. The average molecular weight is 243 g/mol. The Morgan fingerprint density at radius 1 is 1.69 bits per heavy atom. The van der Waals surface area contributed by atoms with Crippen molar-refractivity contribution < 1.29 is 0 Å². The van der Waals surface area contributed by atoms with Gasteiger partial charge in [0.2, 0.25) is 0 Å². The predicted molar refractivity (Wildman–Crippen MR) is 62.6 cm³/mol. The van der Waals surface area contributed by atoms with Crippen LogP contribution < -0.4 is 10.9 Å². The zero-order chi connectivity index (χ0) is 12.1. The number of allylic oxidation sites excluding steroid dienone is 1. The predicted octanol–water partition coefficient (Wildman–Crippen LogP) is 0.916. The van der Waals surface area contributed by atoms with E-state index in [1.165, 1.54) is 9.75 Å². The molecule has 0 aromatic rings. The van der Waals surface area contributed by atoms with Crippen LogP contribution in [0.1, 0.15) is 20.8 Å². The second-order valence-electron chi connectivity index (χ2n) is 3.47. The highest BCUT2D eigenvalue weighted by atomic mass is 35.5. The van der Waals surface area contributed by atoms with Crippen molar-refractivity contribution in [2.75, 3.05) is 6.54 Å². The summed E-state index contributed by atoms with van der Waals surface area (Å²) in [6.45, 7) is 6.44. The molecule has 0 unspecified atom stereocenters. The largest absolute Gasteiger partial charge is 0.269 e. The van der Waals surface area contributed by atoms with Crippen molar-refractivity contribution in [3.63, 3.8) is 0 Å². The van der Waals surface area contributed by atoms with Crippen molar-refractivity contribution in [3.05, 3.63) is 11.8 Å². The summed E-state index contributed by atoms with van der Waals surface area (Å²) < 4.78 is 1.17. The molecule has 1 rings (SSSR count). The maximum atomic E-state index is 9.01. The van der Waals surface area contributed by atoms with Crippen molar-refractivity contribution in [1.82, 2.24) is 20.6 Å². The first-order valence-electron chi connectivity index (χ1n) is 5.03. The van der Waals surface area contributed by atoms with Gasteiger partial charge in [-0.2, -0.15) is 10.4 Å². The van der Waals surface area contributed by atoms with E-state index < -0.39 is 0 Å². The molecule has 2 N–H and O–H groups in total. The van der Waals surface area contributed by atoms with Crippen LogP contribution >= 0.6 is 11.8 Å². The SMILES string of the molecule is CCN=C1C=C(C#N)N(NC(C)C)N(Cl)N1. The highest BCUT2D eigenvalue weighted by Gasteiger charge is 2.23. The van der Waals surface area contributed by atoms with Crippen LogP contribution in [0.2, 0.25) is 0 Å². The zero-order valence-electron chi connectivity index (χ0n) is 9.53. The van der Waals surface area contributed by atoms with Gasteiger partial charge in [-0.3, -0.25) is 10.4 Å². The minimum absolute atomic E-state index is 0.157. The van der Waals surface area contributed by atoms with E-state index >= 15 is 0 Å². The molecule has 0 radical (unpaired) electrons. The van der Waals surface area contributed by atoms with Gasteiger partial charge in [0.25, 0.3) is 0 Å². The van der Waals surface area contributed by atoms with E-state index in [-0.39, 0.29) is 6.04 Å². The number of hydrogen-bond donors (Lipinski definition) is 2. The summed E-state index contributed by atoms with van der Waals surface area (Å²) in [4.78, 5) is 4.14. The van der Waals surface area contributed by atoms with Gasteiger partial charge < -0.3 is 0 Å². The standard InChI is InChI=1S/C9H15ClN6/c1-4-12-9-5-8(6-11)15(13-7(2)3)16(10)14-9/h5,7,13H,4H2,1-3H3,(H,12,14). The van der Waals surface area contributed by atoms with Crippen LogP contribution in [0.15, 0.2) is 16.8 Å². The number of halogens is 1. The van der Waals surface area contributed by atoms with Gasteiger partial charge in [0, 0.05) is 30.4 Å². The Morgan fingerprint density at radius 2 is 2.38 bits per heavy atom. The topological polar surface area (TPSA) is 66.7 Å². The fourth-order valence-corrected chi connectivity index (χ4v) is 1.37. The Labute approximate surface area is 100 Å². The highest BCUT2D eigenvalue weighted by molar-refractivity contribution is 6.14. The van der Waals surface area contributed by atoms with Gasteiger partial charge in [-0.05, 0) is 25.4 Å². The lowest BCUT2D eigenvalue weighted by atomic mass is 10.3. The van der Waals surface area contributed by atoms with E-state index in [2.05, 4.69) is 21.9 Å². The summed E-state index contributed by atoms with van der Waals surface area (Å²) in [5.74, 6) is 0.566. The molecular weight excluding hydrogens is 228 g/mol. The molecule has 0 saturated carbocycles. The molecule has 0 aliphatic carbocycles. The van der Waals surface area contributed by atoms with Crippen LogP contribution in [0.25, 0.3) is 0 Å². The normalized spacial score (nSPS) is 19.6. The first-order valence-corrected chi connectivity index (χ1v) is 5.37. The van der Waals surface area contributed by atoms with Crippen LogP contribution in [-0.2, 0) is 0 Å². The van der Waals surface area contributed by atoms with Crippen molar-refractivity contribution in [1.29, 1.82) is 5.26 Å². The minimum atomic E-state index is 0.157. The van der Waals surface area contributed by atoms with Crippen molar-refractivity contribution in [2.24, 2.45) is 4.99 Å². The molecule has 1 aliphatic rings. The minimum Gasteiger partial charge on any atom is -0.269 e. The summed E-state index contributed by atoms with van der Waals surface area (Å²) in [6, 6.07) is 2.21. The van der Waals surface area contributed by atoms with E-state index in [0.29, 0.717) is 18.1 Å². The second-order valence-corrected chi connectivity index (χ2v) is 3.79. The molecule has 7 heteroatoms. The molecule has 0 aromatic carbocycles. The highest BCUT2D eigenvalue weighted by Crippen LogP contribution is 2.11. The van der Waals surface area contributed by atoms with Gasteiger partial charge in [-0.15, -0.1) is 0 Å². The quantitative estimate of drug-likeness (QED) is 0.721. The molecule has 6 nitrogen and oxygen atoms in total. The maximum Gasteiger partial charge on any atom is 0.154 e. The Bertz CT molecular complexity index is 342. The number of aliphatic imine (C=N–C) groups is 1. The third-order valence-electron chi connectivity index (χ3n) is 1.71. The monoisotopic (exact) mass is 242 g/mol. The second kappa shape index (κ2) is 5.70. The molecule has 0 amide bonds. The third-order valence-corrected chi connectivity index (χ3v) is 1.94. The fraction of sp³-hybridized carbons (Fsp3) is 0.556. The number of nitriles is 1. The average Bonchev–Trinajstić information content (AvgIpc) is 2.21. The number of amidine groups is 1. The molecule has 88 valence electrons. The molecule has 16 heavy (non-hydrogen) atoms. The lowest BCUT2D eigenvalue weighted by Crippen LogP contribution is -2.57. The van der Waals surface area contributed by atoms with Crippen molar-refractivity contribution in [3.8, 4) is 6.07 Å². The number of rotatable bonds is 3. The summed E-state index contributed by atoms with van der Waals surface area (Å²) in [5.41, 5.74) is 6.22. The van der Waals surface area contributed by atoms with Gasteiger partial charge in [0.1, 0.15) is 11.9 Å². The van der Waals surface area contributed by atoms with Gasteiger partial charge >= 0.3 is 0 Å². The van der Waals surface area contributed by atoms with Gasteiger partial charge in [0.05, 0.1) is 0 Å². The lowest BCUT2D eigenvalue weighted by Gasteiger charge is -2.35. The lowest BCUT2D eigenvalue weighted by molar-refractivity contribution is 0.0133. The van der Waals surface area contributed by atoms with Crippen LogP contribution in [-0.4, -0.2) is 28.2 Å². The maximum absolute atomic E-state index is 9.01. The number of nitrogens with one attached hydrogen (secondary N) is 2. The van der Waals surface area contributed by atoms with Gasteiger partial charge in [-0.1, -0.05) is 0 Å². The van der Waals surface area contributed by atoms with Gasteiger partial charge in [-0.25, -0.2) is 5.43 Å². The molecular formula is C9H15ClN6. The fourth-order valence-electron chi connectivity index (χ4n) is 1.16. The van der Waals surface area contributed by atoms with Gasteiger partial charge in [0.15, 0.2) is 5.70 Å². The smallest absolute Gasteiger partial charge is 0.154 e. The van der Waals surface area contributed by atoms with E-state index in [1.54, 1.807) is 6.08 Å². The molecule has 1 heterocycles. The van der Waals surface area contributed by atoms with Crippen LogP contribution in [0, 0.1) is 11.3 Å². The summed E-state index contributed by atoms with van der Waals surface area (Å²) >= 11 is 5.94. The van der Waals surface area contributed by atoms with E-state index in [0.717, 1.165) is 0 Å². The van der Waals surface area contributed by atoms with E-state index in [1.807, 2.05) is 20.8 Å². The number of nitrogens with zero attached hydrogens (tertiary/aromatic N) is 4. The van der Waals surface area contributed by atoms with Crippen molar-refractivity contribution >= 4 is 17.6 Å². The van der Waals surface area contributed by atoms with Crippen LogP contribution in [0.3, 0.4) is 0 Å². The Kier molecular flexibility index (Phi) is 4.55. The van der Waals surface area contributed by atoms with Crippen LogP contribution in [0.5, 0.6) is 0 Å². The first kappa shape index (κ1) is 12.8. The summed E-state index contributed by atoms with van der Waals surface area (Å²) in [5, 5.41) is 10.4. The van der Waals surface area contributed by atoms with E-state index in [9.17, 15) is 0 Å². The zero-order valence-corrected chi connectivity index (χ0v) is 10.3. The molecule has 1 aliphatic heterocycles. The molecule has 0 fully saturated rings. The Morgan fingerprint density at radius 3 is 2.88 bits per heavy atom. The molecule has 0 aromatic heterocycles. The number of hydrogen-bond acceptors (Lipinski definition) is 5. The molecule has 0 saturated heterocycles.